The first-order chi connectivity index (χ1) is 15.4. The third-order valence-electron chi connectivity index (χ3n) is 5.28. The van der Waals surface area contributed by atoms with Crippen LogP contribution in [0.3, 0.4) is 0 Å². The van der Waals surface area contributed by atoms with E-state index in [1.165, 1.54) is 17.0 Å². The zero-order chi connectivity index (χ0) is 22.7. The molecule has 0 aromatic heterocycles. The van der Waals surface area contributed by atoms with Gasteiger partial charge in [-0.1, -0.05) is 42.5 Å². The molecule has 0 aliphatic carbocycles. The van der Waals surface area contributed by atoms with Crippen LogP contribution >= 0.6 is 0 Å². The Morgan fingerprint density at radius 1 is 0.969 bits per heavy atom. The van der Waals surface area contributed by atoms with Crippen LogP contribution in [0.25, 0.3) is 0 Å². The van der Waals surface area contributed by atoms with Crippen molar-refractivity contribution in [1.29, 1.82) is 0 Å². The Bertz CT molecular complexity index is 1150. The summed E-state index contributed by atoms with van der Waals surface area (Å²) < 4.78 is 13.3. The molecule has 1 atom stereocenters. The molecule has 0 saturated carbocycles. The minimum Gasteiger partial charge on any atom is -0.326 e. The summed E-state index contributed by atoms with van der Waals surface area (Å²) in [7, 11) is 0. The molecule has 4 amide bonds. The molecule has 3 aromatic carbocycles. The van der Waals surface area contributed by atoms with Gasteiger partial charge >= 0.3 is 6.03 Å². The molecular weight excluding hydrogens is 409 g/mol. The van der Waals surface area contributed by atoms with Crippen molar-refractivity contribution < 1.29 is 18.8 Å². The molecule has 32 heavy (non-hydrogen) atoms. The number of hydrogen-bond donors (Lipinski definition) is 1. The summed E-state index contributed by atoms with van der Waals surface area (Å²) in [5.41, 5.74) is 2.62. The van der Waals surface area contributed by atoms with Gasteiger partial charge in [0.25, 0.3) is 5.91 Å². The average molecular weight is 431 g/mol. The Hall–Kier alpha value is -4.00. The van der Waals surface area contributed by atoms with Gasteiger partial charge in [0.2, 0.25) is 5.91 Å². The van der Waals surface area contributed by atoms with E-state index in [1.807, 2.05) is 19.1 Å². The smallest absolute Gasteiger partial charge is 0.326 e. The Morgan fingerprint density at radius 3 is 2.38 bits per heavy atom. The number of carbonyl (C=O) groups is 3. The molecule has 7 heteroatoms. The van der Waals surface area contributed by atoms with E-state index in [4.69, 9.17) is 0 Å². The monoisotopic (exact) mass is 431 g/mol. The zero-order valence-corrected chi connectivity index (χ0v) is 17.5. The molecule has 162 valence electrons. The van der Waals surface area contributed by atoms with E-state index in [-0.39, 0.29) is 18.9 Å². The van der Waals surface area contributed by atoms with Crippen LogP contribution in [0.1, 0.15) is 17.5 Å². The van der Waals surface area contributed by atoms with Crippen molar-refractivity contribution in [3.8, 4) is 0 Å². The number of para-hydroxylation sites is 1. The molecule has 1 aliphatic heterocycles. The summed E-state index contributed by atoms with van der Waals surface area (Å²) in [6.07, 6.45) is -0.191. The van der Waals surface area contributed by atoms with E-state index in [0.29, 0.717) is 16.9 Å². The van der Waals surface area contributed by atoms with Crippen LogP contribution in [0.2, 0.25) is 0 Å². The van der Waals surface area contributed by atoms with Crippen LogP contribution in [0.4, 0.5) is 20.6 Å². The highest BCUT2D eigenvalue weighted by molar-refractivity contribution is 6.22. The van der Waals surface area contributed by atoms with Crippen molar-refractivity contribution >= 4 is 29.2 Å². The van der Waals surface area contributed by atoms with Crippen molar-refractivity contribution in [2.45, 2.75) is 25.9 Å². The van der Waals surface area contributed by atoms with Gasteiger partial charge in [-0.3, -0.25) is 9.59 Å². The predicted molar refractivity (Wildman–Crippen MR) is 119 cm³/mol. The second-order valence-electron chi connectivity index (χ2n) is 7.68. The fourth-order valence-electron chi connectivity index (χ4n) is 3.71. The molecule has 4 rings (SSSR count). The number of amides is 4. The SMILES string of the molecule is Cc1cccc(N2C(=O)[C@@H](CC(=O)Nc3ccccc3)N(Cc3ccc(F)cc3)C2=O)c1. The highest BCUT2D eigenvalue weighted by atomic mass is 19.1. The molecule has 3 aromatic rings. The highest BCUT2D eigenvalue weighted by Gasteiger charge is 2.46. The van der Waals surface area contributed by atoms with Gasteiger partial charge in [-0.15, -0.1) is 0 Å². The molecule has 0 bridgehead atoms. The topological polar surface area (TPSA) is 69.7 Å². The lowest BCUT2D eigenvalue weighted by atomic mass is 10.1. The average Bonchev–Trinajstić information content (AvgIpc) is 3.00. The lowest BCUT2D eigenvalue weighted by Crippen LogP contribution is -2.37. The summed E-state index contributed by atoms with van der Waals surface area (Å²) in [4.78, 5) is 41.7. The van der Waals surface area contributed by atoms with Crippen molar-refractivity contribution in [2.75, 3.05) is 10.2 Å². The van der Waals surface area contributed by atoms with E-state index >= 15 is 0 Å². The largest absolute Gasteiger partial charge is 0.332 e. The van der Waals surface area contributed by atoms with Crippen molar-refractivity contribution in [2.24, 2.45) is 0 Å². The van der Waals surface area contributed by atoms with Crippen LogP contribution in [0.15, 0.2) is 78.9 Å². The maximum Gasteiger partial charge on any atom is 0.332 e. The second kappa shape index (κ2) is 9.01. The summed E-state index contributed by atoms with van der Waals surface area (Å²) in [6, 6.07) is 20.2. The molecule has 6 nitrogen and oxygen atoms in total. The van der Waals surface area contributed by atoms with E-state index in [2.05, 4.69) is 5.32 Å². The normalized spacial score (nSPS) is 15.9. The molecule has 0 radical (unpaired) electrons. The van der Waals surface area contributed by atoms with Gasteiger partial charge in [0, 0.05) is 12.2 Å². The minimum absolute atomic E-state index is 0.0798. The van der Waals surface area contributed by atoms with Crippen LogP contribution in [-0.4, -0.2) is 28.8 Å². The Kier molecular flexibility index (Phi) is 5.98. The molecule has 0 spiro atoms. The number of imide groups is 1. The van der Waals surface area contributed by atoms with Gasteiger partial charge in [-0.05, 0) is 54.4 Å². The number of benzene rings is 3. The Labute approximate surface area is 185 Å². The Morgan fingerprint density at radius 2 is 1.69 bits per heavy atom. The third kappa shape index (κ3) is 4.51. The van der Waals surface area contributed by atoms with Gasteiger partial charge in [0.05, 0.1) is 12.1 Å². The van der Waals surface area contributed by atoms with E-state index in [9.17, 15) is 18.8 Å². The molecule has 1 heterocycles. The number of carbonyl (C=O) groups excluding carboxylic acids is 3. The molecule has 1 fully saturated rings. The van der Waals surface area contributed by atoms with Crippen LogP contribution in [-0.2, 0) is 16.1 Å². The first kappa shape index (κ1) is 21.2. The van der Waals surface area contributed by atoms with Gasteiger partial charge in [0.1, 0.15) is 11.9 Å². The summed E-state index contributed by atoms with van der Waals surface area (Å²) >= 11 is 0. The zero-order valence-electron chi connectivity index (χ0n) is 17.5. The molecular formula is C25H22FN3O3. The van der Waals surface area contributed by atoms with Crippen LogP contribution in [0, 0.1) is 12.7 Å². The van der Waals surface area contributed by atoms with Crippen LogP contribution in [0.5, 0.6) is 0 Å². The van der Waals surface area contributed by atoms with Crippen molar-refractivity contribution in [3.05, 3.63) is 95.8 Å². The molecule has 1 N–H and O–H groups in total. The van der Waals surface area contributed by atoms with Crippen molar-refractivity contribution in [1.82, 2.24) is 4.90 Å². The van der Waals surface area contributed by atoms with Crippen molar-refractivity contribution in [3.63, 3.8) is 0 Å². The predicted octanol–water partition coefficient (Wildman–Crippen LogP) is 4.50. The highest BCUT2D eigenvalue weighted by Crippen LogP contribution is 2.29. The fraction of sp³-hybridized carbons (Fsp3) is 0.160. The minimum atomic E-state index is -0.975. The third-order valence-corrected chi connectivity index (χ3v) is 5.28. The van der Waals surface area contributed by atoms with E-state index in [0.717, 1.165) is 10.5 Å². The number of anilines is 2. The standard InChI is InChI=1S/C25H22FN3O3/c1-17-6-5-9-21(14-17)29-24(31)22(15-23(30)27-20-7-3-2-4-8-20)28(25(29)32)16-18-10-12-19(26)13-11-18/h2-14,22H,15-16H2,1H3,(H,27,30)/t22-/m1/s1. The van der Waals surface area contributed by atoms with E-state index < -0.39 is 23.8 Å². The first-order valence-electron chi connectivity index (χ1n) is 10.2. The van der Waals surface area contributed by atoms with Crippen LogP contribution < -0.4 is 10.2 Å². The van der Waals surface area contributed by atoms with E-state index in [1.54, 1.807) is 54.6 Å². The van der Waals surface area contributed by atoms with Gasteiger partial charge in [-0.2, -0.15) is 0 Å². The lowest BCUT2D eigenvalue weighted by Gasteiger charge is -2.21. The van der Waals surface area contributed by atoms with Gasteiger partial charge in [0.15, 0.2) is 0 Å². The number of nitrogens with one attached hydrogen (secondary N) is 1. The fourth-order valence-corrected chi connectivity index (χ4v) is 3.71. The van der Waals surface area contributed by atoms with Gasteiger partial charge < -0.3 is 10.2 Å². The quantitative estimate of drug-likeness (QED) is 0.584. The second-order valence-corrected chi connectivity index (χ2v) is 7.68. The molecule has 1 saturated heterocycles. The maximum atomic E-state index is 13.3. The number of nitrogens with zero attached hydrogens (tertiary/aromatic N) is 2. The number of rotatable bonds is 6. The van der Waals surface area contributed by atoms with Gasteiger partial charge in [-0.25, -0.2) is 14.1 Å². The maximum absolute atomic E-state index is 13.3. The summed E-state index contributed by atoms with van der Waals surface area (Å²) in [6.45, 7) is 1.95. The lowest BCUT2D eigenvalue weighted by molar-refractivity contribution is -0.124. The number of aryl methyl sites for hydroxylation is 1. The molecule has 0 unspecified atom stereocenters. The molecule has 1 aliphatic rings. The number of urea groups is 1. The number of halogens is 1. The summed E-state index contributed by atoms with van der Waals surface area (Å²) in [5.74, 6) is -1.23. The number of hydrogen-bond acceptors (Lipinski definition) is 3. The summed E-state index contributed by atoms with van der Waals surface area (Å²) in [5, 5.41) is 2.76. The Balaban J connectivity index is 1.61. The first-order valence-corrected chi connectivity index (χ1v) is 10.2.